The number of hydrogen-bond acceptors (Lipinski definition) is 3. The second kappa shape index (κ2) is 6.09. The van der Waals surface area contributed by atoms with E-state index < -0.39 is 5.97 Å². The molecule has 0 radical (unpaired) electrons. The molecule has 0 aliphatic rings. The lowest BCUT2D eigenvalue weighted by Gasteiger charge is -2.06. The first-order valence-corrected chi connectivity index (χ1v) is 6.33. The van der Waals surface area contributed by atoms with E-state index >= 15 is 0 Å². The molecule has 2 N–H and O–H groups in total. The average Bonchev–Trinajstić information content (AvgIpc) is 2.87. The first-order valence-electron chi connectivity index (χ1n) is 6.33. The molecule has 4 heteroatoms. The molecule has 0 unspecified atom stereocenters. The van der Waals surface area contributed by atoms with Gasteiger partial charge in [0.1, 0.15) is 11.3 Å². The number of carboxylic acids is 1. The summed E-state index contributed by atoms with van der Waals surface area (Å²) in [6.07, 6.45) is 3.59. The topological polar surface area (TPSA) is 62.5 Å². The van der Waals surface area contributed by atoms with Crippen molar-refractivity contribution in [3.63, 3.8) is 0 Å². The zero-order valence-electron chi connectivity index (χ0n) is 10.8. The van der Waals surface area contributed by atoms with E-state index in [2.05, 4.69) is 24.4 Å². The lowest BCUT2D eigenvalue weighted by atomic mass is 10.1. The van der Waals surface area contributed by atoms with Crippen LogP contribution in [0.5, 0.6) is 0 Å². The Balaban J connectivity index is 1.98. The summed E-state index contributed by atoms with van der Waals surface area (Å²) >= 11 is 0. The van der Waals surface area contributed by atoms with Gasteiger partial charge in [0.05, 0.1) is 12.8 Å². The first kappa shape index (κ1) is 13.2. The Hall–Kier alpha value is -2.23. The van der Waals surface area contributed by atoms with Gasteiger partial charge in [0.25, 0.3) is 0 Å². The largest absolute Gasteiger partial charge is 0.478 e. The molecule has 0 saturated heterocycles. The number of nitrogens with one attached hydrogen (secondary N) is 1. The standard InChI is InChI=1S/C15H17NO3/c1-2-3-11-4-6-12(7-5-11)16-10-14-13(15(17)18)8-9-19-14/h4-9,16H,2-3,10H2,1H3,(H,17,18). The molecule has 0 amide bonds. The van der Waals surface area contributed by atoms with Crippen LogP contribution < -0.4 is 5.32 Å². The molecule has 0 spiro atoms. The van der Waals surface area contributed by atoms with Crippen molar-refractivity contribution in [2.24, 2.45) is 0 Å². The van der Waals surface area contributed by atoms with Crippen LogP contribution in [0.2, 0.25) is 0 Å². The highest BCUT2D eigenvalue weighted by Crippen LogP contribution is 2.15. The molecule has 100 valence electrons. The molecular formula is C15H17NO3. The quantitative estimate of drug-likeness (QED) is 0.832. The second-order valence-corrected chi connectivity index (χ2v) is 4.36. The SMILES string of the molecule is CCCc1ccc(NCc2occc2C(=O)O)cc1. The van der Waals surface area contributed by atoms with Crippen molar-refractivity contribution < 1.29 is 14.3 Å². The Morgan fingerprint density at radius 2 is 2.00 bits per heavy atom. The summed E-state index contributed by atoms with van der Waals surface area (Å²) in [7, 11) is 0. The van der Waals surface area contributed by atoms with E-state index in [4.69, 9.17) is 9.52 Å². The lowest BCUT2D eigenvalue weighted by Crippen LogP contribution is -2.04. The van der Waals surface area contributed by atoms with Gasteiger partial charge in [0, 0.05) is 5.69 Å². The third-order valence-electron chi connectivity index (χ3n) is 2.92. The minimum Gasteiger partial charge on any atom is -0.478 e. The molecule has 1 heterocycles. The minimum absolute atomic E-state index is 0.204. The number of furan rings is 1. The van der Waals surface area contributed by atoms with Gasteiger partial charge in [-0.3, -0.25) is 0 Å². The van der Waals surface area contributed by atoms with Gasteiger partial charge in [-0.15, -0.1) is 0 Å². The van der Waals surface area contributed by atoms with Gasteiger partial charge >= 0.3 is 5.97 Å². The maximum absolute atomic E-state index is 10.9. The molecule has 1 aromatic carbocycles. The zero-order chi connectivity index (χ0) is 13.7. The Kier molecular flexibility index (Phi) is 4.23. The number of carboxylic acid groups (broad SMARTS) is 1. The number of benzene rings is 1. The normalized spacial score (nSPS) is 10.4. The van der Waals surface area contributed by atoms with Gasteiger partial charge in [-0.1, -0.05) is 25.5 Å². The third-order valence-corrected chi connectivity index (χ3v) is 2.92. The van der Waals surface area contributed by atoms with Crippen molar-refractivity contribution in [3.8, 4) is 0 Å². The van der Waals surface area contributed by atoms with Gasteiger partial charge in [0.15, 0.2) is 0 Å². The smallest absolute Gasteiger partial charge is 0.339 e. The van der Waals surface area contributed by atoms with Crippen LogP contribution in [0.15, 0.2) is 41.0 Å². The molecule has 0 bridgehead atoms. The Bertz CT molecular complexity index is 543. The fourth-order valence-electron chi connectivity index (χ4n) is 1.93. The van der Waals surface area contributed by atoms with Crippen LogP contribution >= 0.6 is 0 Å². The molecule has 0 aliphatic carbocycles. The van der Waals surface area contributed by atoms with E-state index in [0.717, 1.165) is 18.5 Å². The van der Waals surface area contributed by atoms with E-state index in [9.17, 15) is 4.79 Å². The van der Waals surface area contributed by atoms with Crippen molar-refractivity contribution in [1.29, 1.82) is 0 Å². The molecule has 1 aromatic heterocycles. The molecular weight excluding hydrogens is 242 g/mol. The van der Waals surface area contributed by atoms with Crippen molar-refractivity contribution in [3.05, 3.63) is 53.5 Å². The van der Waals surface area contributed by atoms with E-state index in [-0.39, 0.29) is 5.56 Å². The van der Waals surface area contributed by atoms with Crippen molar-refractivity contribution in [2.75, 3.05) is 5.32 Å². The van der Waals surface area contributed by atoms with Crippen molar-refractivity contribution in [1.82, 2.24) is 0 Å². The van der Waals surface area contributed by atoms with E-state index in [1.165, 1.54) is 17.9 Å². The van der Waals surface area contributed by atoms with Crippen LogP contribution in [0.1, 0.15) is 35.0 Å². The minimum atomic E-state index is -0.969. The fourth-order valence-corrected chi connectivity index (χ4v) is 1.93. The molecule has 19 heavy (non-hydrogen) atoms. The Morgan fingerprint density at radius 3 is 2.63 bits per heavy atom. The van der Waals surface area contributed by atoms with Crippen LogP contribution in [0.3, 0.4) is 0 Å². The number of rotatable bonds is 6. The van der Waals surface area contributed by atoms with Gasteiger partial charge in [-0.05, 0) is 30.2 Å². The molecule has 0 atom stereocenters. The molecule has 2 aromatic rings. The van der Waals surface area contributed by atoms with Crippen LogP contribution in [0.4, 0.5) is 5.69 Å². The lowest BCUT2D eigenvalue weighted by molar-refractivity contribution is 0.0694. The highest BCUT2D eigenvalue weighted by atomic mass is 16.4. The second-order valence-electron chi connectivity index (χ2n) is 4.36. The van der Waals surface area contributed by atoms with Crippen LogP contribution in [-0.4, -0.2) is 11.1 Å². The molecule has 0 fully saturated rings. The summed E-state index contributed by atoms with van der Waals surface area (Å²) in [6, 6.07) is 9.60. The molecule has 4 nitrogen and oxygen atoms in total. The third kappa shape index (κ3) is 3.37. The Labute approximate surface area is 112 Å². The summed E-state index contributed by atoms with van der Waals surface area (Å²) in [4.78, 5) is 10.9. The summed E-state index contributed by atoms with van der Waals surface area (Å²) in [5.74, 6) is -0.533. The number of aromatic carboxylic acids is 1. The summed E-state index contributed by atoms with van der Waals surface area (Å²) in [5, 5.41) is 12.1. The number of hydrogen-bond donors (Lipinski definition) is 2. The average molecular weight is 259 g/mol. The maximum atomic E-state index is 10.9. The predicted octanol–water partition coefficient (Wildman–Crippen LogP) is 3.54. The molecule has 0 aliphatic heterocycles. The highest BCUT2D eigenvalue weighted by molar-refractivity contribution is 5.88. The number of aryl methyl sites for hydroxylation is 1. The van der Waals surface area contributed by atoms with Crippen molar-refractivity contribution in [2.45, 2.75) is 26.3 Å². The van der Waals surface area contributed by atoms with E-state index in [1.54, 1.807) is 0 Å². The van der Waals surface area contributed by atoms with Gasteiger partial charge in [-0.2, -0.15) is 0 Å². The van der Waals surface area contributed by atoms with E-state index in [1.807, 2.05) is 12.1 Å². The summed E-state index contributed by atoms with van der Waals surface area (Å²) < 4.78 is 5.17. The van der Waals surface area contributed by atoms with Crippen LogP contribution in [0, 0.1) is 0 Å². The van der Waals surface area contributed by atoms with Crippen LogP contribution in [-0.2, 0) is 13.0 Å². The molecule has 2 rings (SSSR count). The van der Waals surface area contributed by atoms with Crippen molar-refractivity contribution >= 4 is 11.7 Å². The monoisotopic (exact) mass is 259 g/mol. The molecule has 0 saturated carbocycles. The fraction of sp³-hybridized carbons (Fsp3) is 0.267. The predicted molar refractivity (Wildman–Crippen MR) is 73.4 cm³/mol. The number of carbonyl (C=O) groups is 1. The van der Waals surface area contributed by atoms with Gasteiger partial charge in [-0.25, -0.2) is 4.79 Å². The van der Waals surface area contributed by atoms with Gasteiger partial charge in [0.2, 0.25) is 0 Å². The summed E-state index contributed by atoms with van der Waals surface area (Å²) in [5.41, 5.74) is 2.46. The first-order chi connectivity index (χ1) is 9.20. The Morgan fingerprint density at radius 1 is 1.26 bits per heavy atom. The highest BCUT2D eigenvalue weighted by Gasteiger charge is 2.12. The maximum Gasteiger partial charge on any atom is 0.339 e. The van der Waals surface area contributed by atoms with Crippen LogP contribution in [0.25, 0.3) is 0 Å². The summed E-state index contributed by atoms with van der Waals surface area (Å²) in [6.45, 7) is 2.51. The van der Waals surface area contributed by atoms with Gasteiger partial charge < -0.3 is 14.8 Å². The zero-order valence-corrected chi connectivity index (χ0v) is 10.8. The van der Waals surface area contributed by atoms with E-state index in [0.29, 0.717) is 12.3 Å². The number of anilines is 1.